The lowest BCUT2D eigenvalue weighted by Gasteiger charge is -2.34. The van der Waals surface area contributed by atoms with Crippen LogP contribution in [0.3, 0.4) is 0 Å². The molecule has 0 amide bonds. The normalized spacial score (nSPS) is 14.8. The molecular weight excluding hydrogens is 352 g/mol. The Morgan fingerprint density at radius 2 is 1.81 bits per heavy atom. The molecule has 1 heterocycles. The summed E-state index contributed by atoms with van der Waals surface area (Å²) < 4.78 is 5.53. The molecular formula is C23H30N2OS. The van der Waals surface area contributed by atoms with E-state index in [4.69, 9.17) is 17.0 Å². The number of rotatable bonds is 6. The smallest absolute Gasteiger partial charge is 0.173 e. The van der Waals surface area contributed by atoms with Crippen molar-refractivity contribution in [2.24, 2.45) is 0 Å². The zero-order valence-corrected chi connectivity index (χ0v) is 17.2. The highest BCUT2D eigenvalue weighted by Crippen LogP contribution is 2.34. The van der Waals surface area contributed by atoms with E-state index in [1.165, 1.54) is 24.0 Å². The fraction of sp³-hybridized carbons (Fsp3) is 0.435. The van der Waals surface area contributed by atoms with E-state index in [9.17, 15) is 0 Å². The molecule has 4 heteroatoms. The SMILES string of the molecule is CCCCc1ccc(NC(=S)N2CCC(c3ccccc3OC)CC2)cc1. The predicted molar refractivity (Wildman–Crippen MR) is 118 cm³/mol. The van der Waals surface area contributed by atoms with E-state index in [-0.39, 0.29) is 0 Å². The highest BCUT2D eigenvalue weighted by atomic mass is 32.1. The molecule has 0 aromatic heterocycles. The molecule has 0 saturated carbocycles. The third-order valence-electron chi connectivity index (χ3n) is 5.39. The topological polar surface area (TPSA) is 24.5 Å². The van der Waals surface area contributed by atoms with Gasteiger partial charge in [0.1, 0.15) is 5.75 Å². The van der Waals surface area contributed by atoms with E-state index in [2.05, 4.69) is 59.6 Å². The number of nitrogens with one attached hydrogen (secondary N) is 1. The van der Waals surface area contributed by atoms with Crippen LogP contribution in [-0.4, -0.2) is 30.2 Å². The van der Waals surface area contributed by atoms with E-state index >= 15 is 0 Å². The minimum absolute atomic E-state index is 0.540. The minimum Gasteiger partial charge on any atom is -0.496 e. The van der Waals surface area contributed by atoms with Gasteiger partial charge in [0.25, 0.3) is 0 Å². The molecule has 1 aliphatic heterocycles. The van der Waals surface area contributed by atoms with E-state index < -0.39 is 0 Å². The lowest BCUT2D eigenvalue weighted by atomic mass is 9.89. The van der Waals surface area contributed by atoms with Crippen LogP contribution in [0.15, 0.2) is 48.5 Å². The van der Waals surface area contributed by atoms with Crippen LogP contribution in [0.25, 0.3) is 0 Å². The summed E-state index contributed by atoms with van der Waals surface area (Å²) in [4.78, 5) is 2.28. The lowest BCUT2D eigenvalue weighted by molar-refractivity contribution is 0.310. The Labute approximate surface area is 168 Å². The molecule has 1 N–H and O–H groups in total. The van der Waals surface area contributed by atoms with Crippen LogP contribution in [0.1, 0.15) is 49.7 Å². The number of para-hydroxylation sites is 1. The number of likely N-dealkylation sites (tertiary alicyclic amines) is 1. The minimum atomic E-state index is 0.540. The molecule has 0 aliphatic carbocycles. The number of anilines is 1. The van der Waals surface area contributed by atoms with Gasteiger partial charge in [-0.3, -0.25) is 0 Å². The van der Waals surface area contributed by atoms with E-state index in [1.807, 2.05) is 6.07 Å². The van der Waals surface area contributed by atoms with Gasteiger partial charge in [0.05, 0.1) is 7.11 Å². The van der Waals surface area contributed by atoms with E-state index in [0.29, 0.717) is 5.92 Å². The van der Waals surface area contributed by atoms with Gasteiger partial charge in [-0.05, 0) is 73.1 Å². The van der Waals surface area contributed by atoms with Gasteiger partial charge in [-0.1, -0.05) is 43.7 Å². The molecule has 1 fully saturated rings. The quantitative estimate of drug-likeness (QED) is 0.656. The van der Waals surface area contributed by atoms with Crippen LogP contribution in [-0.2, 0) is 6.42 Å². The molecule has 3 nitrogen and oxygen atoms in total. The third kappa shape index (κ3) is 5.23. The number of benzene rings is 2. The zero-order chi connectivity index (χ0) is 19.1. The van der Waals surface area contributed by atoms with Gasteiger partial charge in [0.15, 0.2) is 5.11 Å². The summed E-state index contributed by atoms with van der Waals surface area (Å²) in [7, 11) is 1.75. The van der Waals surface area contributed by atoms with Crippen LogP contribution in [0.5, 0.6) is 5.75 Å². The summed E-state index contributed by atoms with van der Waals surface area (Å²) in [5, 5.41) is 4.23. The van der Waals surface area contributed by atoms with Crippen LogP contribution in [0.2, 0.25) is 0 Å². The van der Waals surface area contributed by atoms with Gasteiger partial charge in [-0.15, -0.1) is 0 Å². The number of methoxy groups -OCH3 is 1. The Hall–Kier alpha value is -2.07. The third-order valence-corrected chi connectivity index (χ3v) is 5.75. The van der Waals surface area contributed by atoms with Gasteiger partial charge in [-0.2, -0.15) is 0 Å². The van der Waals surface area contributed by atoms with Crippen molar-refractivity contribution in [1.82, 2.24) is 4.90 Å². The molecule has 3 rings (SSSR count). The maximum absolute atomic E-state index is 5.65. The zero-order valence-electron chi connectivity index (χ0n) is 16.4. The second-order valence-electron chi connectivity index (χ2n) is 7.23. The highest BCUT2D eigenvalue weighted by Gasteiger charge is 2.24. The van der Waals surface area contributed by atoms with Crippen LogP contribution in [0, 0.1) is 0 Å². The van der Waals surface area contributed by atoms with Crippen molar-refractivity contribution < 1.29 is 4.74 Å². The molecule has 0 unspecified atom stereocenters. The number of aryl methyl sites for hydroxylation is 1. The summed E-state index contributed by atoms with van der Waals surface area (Å²) in [6.45, 7) is 4.18. The molecule has 2 aromatic rings. The van der Waals surface area contributed by atoms with Crippen molar-refractivity contribution in [2.75, 3.05) is 25.5 Å². The summed E-state index contributed by atoms with van der Waals surface area (Å²) in [6, 6.07) is 17.1. The molecule has 27 heavy (non-hydrogen) atoms. The molecule has 1 aliphatic rings. The average Bonchev–Trinajstić information content (AvgIpc) is 2.73. The number of thiocarbonyl (C=S) groups is 1. The highest BCUT2D eigenvalue weighted by molar-refractivity contribution is 7.80. The fourth-order valence-corrected chi connectivity index (χ4v) is 4.04. The first-order valence-electron chi connectivity index (χ1n) is 9.99. The summed E-state index contributed by atoms with van der Waals surface area (Å²) in [5.41, 5.74) is 3.79. The first-order chi connectivity index (χ1) is 13.2. The number of unbranched alkanes of at least 4 members (excludes halogenated alkanes) is 1. The maximum atomic E-state index is 5.65. The summed E-state index contributed by atoms with van der Waals surface area (Å²) in [6.07, 6.45) is 5.81. The number of ether oxygens (including phenoxy) is 1. The van der Waals surface area contributed by atoms with Crippen LogP contribution < -0.4 is 10.1 Å². The largest absolute Gasteiger partial charge is 0.496 e. The second kappa shape index (κ2) is 9.75. The number of hydrogen-bond donors (Lipinski definition) is 1. The summed E-state index contributed by atoms with van der Waals surface area (Å²) in [5.74, 6) is 1.54. The molecule has 0 spiro atoms. The van der Waals surface area contributed by atoms with Gasteiger partial charge in [0.2, 0.25) is 0 Å². The Morgan fingerprint density at radius 1 is 1.11 bits per heavy atom. The molecule has 0 atom stereocenters. The number of hydrogen-bond acceptors (Lipinski definition) is 2. The fourth-order valence-electron chi connectivity index (χ4n) is 3.74. The second-order valence-corrected chi connectivity index (χ2v) is 7.62. The van der Waals surface area contributed by atoms with E-state index in [0.717, 1.165) is 48.9 Å². The Kier molecular flexibility index (Phi) is 7.11. The van der Waals surface area contributed by atoms with Crippen molar-refractivity contribution >= 4 is 23.0 Å². The molecule has 0 radical (unpaired) electrons. The standard InChI is InChI=1S/C23H30N2OS/c1-3-4-7-18-10-12-20(13-11-18)24-23(27)25-16-14-19(15-17-25)21-8-5-6-9-22(21)26-2/h5-6,8-13,19H,3-4,7,14-17H2,1-2H3,(H,24,27). The molecule has 144 valence electrons. The molecule has 1 saturated heterocycles. The van der Waals surface area contributed by atoms with Gasteiger partial charge < -0.3 is 15.0 Å². The van der Waals surface area contributed by atoms with Crippen molar-refractivity contribution in [3.63, 3.8) is 0 Å². The van der Waals surface area contributed by atoms with Gasteiger partial charge >= 0.3 is 0 Å². The first kappa shape index (κ1) is 19.7. The van der Waals surface area contributed by atoms with Gasteiger partial charge in [0, 0.05) is 18.8 Å². The van der Waals surface area contributed by atoms with E-state index in [1.54, 1.807) is 7.11 Å². The van der Waals surface area contributed by atoms with Crippen LogP contribution >= 0.6 is 12.2 Å². The molecule has 2 aromatic carbocycles. The Bertz CT molecular complexity index is 736. The first-order valence-corrected chi connectivity index (χ1v) is 10.4. The lowest BCUT2D eigenvalue weighted by Crippen LogP contribution is -2.40. The Balaban J connectivity index is 1.52. The average molecular weight is 383 g/mol. The van der Waals surface area contributed by atoms with Crippen molar-refractivity contribution in [3.8, 4) is 5.75 Å². The van der Waals surface area contributed by atoms with Crippen molar-refractivity contribution in [1.29, 1.82) is 0 Å². The van der Waals surface area contributed by atoms with Crippen molar-refractivity contribution in [3.05, 3.63) is 59.7 Å². The molecule has 0 bridgehead atoms. The Morgan fingerprint density at radius 3 is 2.48 bits per heavy atom. The van der Waals surface area contributed by atoms with Crippen LogP contribution in [0.4, 0.5) is 5.69 Å². The number of piperidine rings is 1. The monoisotopic (exact) mass is 382 g/mol. The summed E-state index contributed by atoms with van der Waals surface area (Å²) >= 11 is 5.65. The van der Waals surface area contributed by atoms with Gasteiger partial charge in [-0.25, -0.2) is 0 Å². The van der Waals surface area contributed by atoms with Crippen molar-refractivity contribution in [2.45, 2.75) is 44.9 Å². The maximum Gasteiger partial charge on any atom is 0.173 e. The predicted octanol–water partition coefficient (Wildman–Crippen LogP) is 5.61. The number of nitrogens with zero attached hydrogens (tertiary/aromatic N) is 1.